The van der Waals surface area contributed by atoms with E-state index in [1.54, 1.807) is 0 Å². The van der Waals surface area contributed by atoms with E-state index in [0.29, 0.717) is 0 Å². The van der Waals surface area contributed by atoms with Crippen molar-refractivity contribution >= 4 is 0 Å². The van der Waals surface area contributed by atoms with Crippen LogP contribution >= 0.6 is 0 Å². The summed E-state index contributed by atoms with van der Waals surface area (Å²) in [5.74, 6) is 0. The summed E-state index contributed by atoms with van der Waals surface area (Å²) >= 11 is 0. The third-order valence-electron chi connectivity index (χ3n) is 2.43. The first-order valence-corrected chi connectivity index (χ1v) is 5.80. The van der Waals surface area contributed by atoms with Crippen LogP contribution in [0.4, 0.5) is 0 Å². The van der Waals surface area contributed by atoms with Gasteiger partial charge in [0.15, 0.2) is 0 Å². The number of aryl methyl sites for hydroxylation is 1. The predicted molar refractivity (Wildman–Crippen MR) is 72.6 cm³/mol. The summed E-state index contributed by atoms with van der Waals surface area (Å²) < 4.78 is 0. The largest absolute Gasteiger partial charge is 0.0991 e. The van der Waals surface area contributed by atoms with E-state index in [1.165, 1.54) is 16.7 Å². The van der Waals surface area contributed by atoms with Crippen LogP contribution in [-0.4, -0.2) is 0 Å². The minimum absolute atomic E-state index is 0.975. The fraction of sp³-hybridized carbons (Fsp3) is 0.250. The van der Waals surface area contributed by atoms with Crippen molar-refractivity contribution in [1.29, 1.82) is 0 Å². The molecule has 1 aromatic rings. The van der Waals surface area contributed by atoms with Gasteiger partial charge in [-0.1, -0.05) is 67.6 Å². The van der Waals surface area contributed by atoms with Gasteiger partial charge in [0, 0.05) is 0 Å². The summed E-state index contributed by atoms with van der Waals surface area (Å²) in [5, 5.41) is 0. The minimum Gasteiger partial charge on any atom is -0.0991 e. The topological polar surface area (TPSA) is 0 Å². The molecular formula is C16H20. The maximum atomic E-state index is 3.75. The van der Waals surface area contributed by atoms with E-state index < -0.39 is 0 Å². The van der Waals surface area contributed by atoms with Gasteiger partial charge in [0.25, 0.3) is 0 Å². The van der Waals surface area contributed by atoms with E-state index in [0.717, 1.165) is 12.8 Å². The molecule has 0 saturated heterocycles. The van der Waals surface area contributed by atoms with Gasteiger partial charge in [-0.15, -0.1) is 0 Å². The first-order valence-electron chi connectivity index (χ1n) is 5.80. The van der Waals surface area contributed by atoms with Crippen LogP contribution in [0.25, 0.3) is 0 Å². The molecule has 0 aliphatic heterocycles. The molecule has 0 bridgehead atoms. The molecule has 0 amide bonds. The Morgan fingerprint density at radius 1 is 1.25 bits per heavy atom. The van der Waals surface area contributed by atoms with Gasteiger partial charge in [-0.05, 0) is 30.9 Å². The Balaban J connectivity index is 2.75. The quantitative estimate of drug-likeness (QED) is 0.625. The second-order valence-corrected chi connectivity index (χ2v) is 3.95. The van der Waals surface area contributed by atoms with Crippen molar-refractivity contribution in [3.05, 3.63) is 71.8 Å². The molecule has 0 spiro atoms. The molecule has 0 radical (unpaired) electrons. The summed E-state index contributed by atoms with van der Waals surface area (Å²) in [7, 11) is 0. The zero-order chi connectivity index (χ0) is 11.8. The molecule has 0 heterocycles. The third kappa shape index (κ3) is 4.31. The molecule has 84 valence electrons. The molecule has 0 aliphatic rings. The highest BCUT2D eigenvalue weighted by molar-refractivity contribution is 5.31. The van der Waals surface area contributed by atoms with Crippen LogP contribution in [0, 0.1) is 6.92 Å². The molecule has 0 unspecified atom stereocenters. The van der Waals surface area contributed by atoms with E-state index >= 15 is 0 Å². The van der Waals surface area contributed by atoms with Crippen molar-refractivity contribution in [3.63, 3.8) is 0 Å². The number of allylic oxidation sites excluding steroid dienone is 5. The number of hydrogen-bond acceptors (Lipinski definition) is 0. The lowest BCUT2D eigenvalue weighted by Gasteiger charge is -2.03. The zero-order valence-electron chi connectivity index (χ0n) is 10.2. The standard InChI is InChI=1S/C16H20/c1-4-6-8-15(7-5-2)13-16-11-9-14(3)10-12-16/h5-12H,2,4,13H2,1,3H3/b8-6-,15-7+. The maximum Gasteiger partial charge on any atom is -0.00259 e. The number of benzene rings is 1. The highest BCUT2D eigenvalue weighted by Gasteiger charge is 1.95. The van der Waals surface area contributed by atoms with Gasteiger partial charge in [0.05, 0.1) is 0 Å². The normalized spacial score (nSPS) is 12.0. The molecule has 0 heteroatoms. The van der Waals surface area contributed by atoms with E-state index in [4.69, 9.17) is 0 Å². The van der Waals surface area contributed by atoms with Gasteiger partial charge in [-0.3, -0.25) is 0 Å². The molecule has 0 nitrogen and oxygen atoms in total. The SMILES string of the molecule is C=C/C=C(\C=C/CC)Cc1ccc(C)cc1. The van der Waals surface area contributed by atoms with Crippen molar-refractivity contribution in [3.8, 4) is 0 Å². The second-order valence-electron chi connectivity index (χ2n) is 3.95. The second kappa shape index (κ2) is 6.84. The molecule has 0 aliphatic carbocycles. The summed E-state index contributed by atoms with van der Waals surface area (Å²) in [6.07, 6.45) is 10.3. The average Bonchev–Trinajstić information content (AvgIpc) is 2.29. The van der Waals surface area contributed by atoms with Gasteiger partial charge in [0.1, 0.15) is 0 Å². The lowest BCUT2D eigenvalue weighted by atomic mass is 10.0. The van der Waals surface area contributed by atoms with E-state index in [-0.39, 0.29) is 0 Å². The van der Waals surface area contributed by atoms with Gasteiger partial charge < -0.3 is 0 Å². The molecule has 0 aromatic heterocycles. The molecule has 1 aromatic carbocycles. The van der Waals surface area contributed by atoms with Gasteiger partial charge in [0.2, 0.25) is 0 Å². The molecule has 1 rings (SSSR count). The van der Waals surface area contributed by atoms with Crippen LogP contribution in [0.3, 0.4) is 0 Å². The van der Waals surface area contributed by atoms with Crippen molar-refractivity contribution < 1.29 is 0 Å². The number of hydrogen-bond donors (Lipinski definition) is 0. The Hall–Kier alpha value is -1.56. The fourth-order valence-corrected chi connectivity index (χ4v) is 1.54. The molecule has 16 heavy (non-hydrogen) atoms. The van der Waals surface area contributed by atoms with Crippen LogP contribution in [0.1, 0.15) is 24.5 Å². The van der Waals surface area contributed by atoms with Crippen LogP contribution in [0.15, 0.2) is 60.7 Å². The van der Waals surface area contributed by atoms with Crippen LogP contribution in [-0.2, 0) is 6.42 Å². The first kappa shape index (κ1) is 12.5. The lowest BCUT2D eigenvalue weighted by molar-refractivity contribution is 1.16. The zero-order valence-corrected chi connectivity index (χ0v) is 10.2. The fourth-order valence-electron chi connectivity index (χ4n) is 1.54. The number of rotatable bonds is 5. The minimum atomic E-state index is 0.975. The van der Waals surface area contributed by atoms with Crippen LogP contribution in [0.2, 0.25) is 0 Å². The Morgan fingerprint density at radius 2 is 1.94 bits per heavy atom. The summed E-state index contributed by atoms with van der Waals surface area (Å²) in [6.45, 7) is 8.01. The van der Waals surface area contributed by atoms with E-state index in [2.05, 4.69) is 62.9 Å². The van der Waals surface area contributed by atoms with E-state index in [9.17, 15) is 0 Å². The first-order chi connectivity index (χ1) is 7.76. The Labute approximate surface area is 99.0 Å². The van der Waals surface area contributed by atoms with Gasteiger partial charge >= 0.3 is 0 Å². The molecule has 0 atom stereocenters. The molecule has 0 N–H and O–H groups in total. The van der Waals surface area contributed by atoms with Crippen molar-refractivity contribution in [2.24, 2.45) is 0 Å². The third-order valence-corrected chi connectivity index (χ3v) is 2.43. The molecule has 0 fully saturated rings. The average molecular weight is 212 g/mol. The Kier molecular flexibility index (Phi) is 5.35. The highest BCUT2D eigenvalue weighted by Crippen LogP contribution is 2.11. The van der Waals surface area contributed by atoms with Gasteiger partial charge in [-0.2, -0.15) is 0 Å². The Morgan fingerprint density at radius 3 is 2.50 bits per heavy atom. The highest BCUT2D eigenvalue weighted by atomic mass is 14.0. The van der Waals surface area contributed by atoms with Crippen molar-refractivity contribution in [1.82, 2.24) is 0 Å². The van der Waals surface area contributed by atoms with E-state index in [1.807, 2.05) is 6.08 Å². The maximum absolute atomic E-state index is 3.75. The summed E-state index contributed by atoms with van der Waals surface area (Å²) in [6, 6.07) is 8.69. The van der Waals surface area contributed by atoms with Gasteiger partial charge in [-0.25, -0.2) is 0 Å². The van der Waals surface area contributed by atoms with Crippen molar-refractivity contribution in [2.45, 2.75) is 26.7 Å². The van der Waals surface area contributed by atoms with Crippen LogP contribution < -0.4 is 0 Å². The predicted octanol–water partition coefficient (Wildman–Crippen LogP) is 4.62. The smallest absolute Gasteiger partial charge is 0.00259 e. The van der Waals surface area contributed by atoms with Crippen LogP contribution in [0.5, 0.6) is 0 Å². The summed E-state index contributed by atoms with van der Waals surface area (Å²) in [5.41, 5.74) is 3.96. The monoisotopic (exact) mass is 212 g/mol. The summed E-state index contributed by atoms with van der Waals surface area (Å²) in [4.78, 5) is 0. The molecule has 0 saturated carbocycles. The Bertz CT molecular complexity index is 377. The lowest BCUT2D eigenvalue weighted by Crippen LogP contribution is -1.88. The molecular weight excluding hydrogens is 192 g/mol. The van der Waals surface area contributed by atoms with Crippen molar-refractivity contribution in [2.75, 3.05) is 0 Å².